The summed E-state index contributed by atoms with van der Waals surface area (Å²) in [6, 6.07) is 12.2. The Bertz CT molecular complexity index is 753. The molecule has 0 aliphatic carbocycles. The number of benzene rings is 2. The van der Waals surface area contributed by atoms with Crippen LogP contribution in [0, 0.1) is 12.7 Å². The lowest BCUT2D eigenvalue weighted by Crippen LogP contribution is -2.48. The van der Waals surface area contributed by atoms with Gasteiger partial charge in [-0.05, 0) is 48.2 Å². The molecule has 0 bridgehead atoms. The minimum Gasteiger partial charge on any atom is -0.328 e. The maximum Gasteiger partial charge on any atom is 0.335 e. The molecule has 2 aromatic rings. The van der Waals surface area contributed by atoms with E-state index in [9.17, 15) is 9.18 Å². The summed E-state index contributed by atoms with van der Waals surface area (Å²) in [6.45, 7) is 3.77. The third-order valence-electron chi connectivity index (χ3n) is 3.72. The number of hydrazone groups is 1. The number of carbonyl (C=O) groups excluding carboxylic acids is 1. The fourth-order valence-corrected chi connectivity index (χ4v) is 2.59. The molecule has 0 saturated heterocycles. The van der Waals surface area contributed by atoms with Gasteiger partial charge in [0.1, 0.15) is 5.82 Å². The van der Waals surface area contributed by atoms with Gasteiger partial charge in [0.2, 0.25) is 0 Å². The van der Waals surface area contributed by atoms with Gasteiger partial charge in [-0.1, -0.05) is 30.3 Å². The molecule has 0 aromatic heterocycles. The first-order chi connectivity index (χ1) is 10.5. The zero-order valence-corrected chi connectivity index (χ0v) is 12.4. The Labute approximate surface area is 128 Å². The van der Waals surface area contributed by atoms with Crippen molar-refractivity contribution in [2.75, 3.05) is 0 Å². The van der Waals surface area contributed by atoms with Gasteiger partial charge < -0.3 is 5.32 Å². The Morgan fingerprint density at radius 2 is 1.77 bits per heavy atom. The first-order valence-electron chi connectivity index (χ1n) is 7.05. The van der Waals surface area contributed by atoms with Crippen LogP contribution in [0.3, 0.4) is 0 Å². The summed E-state index contributed by atoms with van der Waals surface area (Å²) < 4.78 is 13.2. The first-order valence-corrected chi connectivity index (χ1v) is 7.05. The number of nitrogens with zero attached hydrogens (tertiary/aromatic N) is 1. The molecule has 1 atom stereocenters. The molecule has 1 aliphatic rings. The molecule has 1 heterocycles. The lowest BCUT2D eigenvalue weighted by molar-refractivity contribution is 0.239. The number of carbonyl (C=O) groups is 1. The predicted octanol–water partition coefficient (Wildman–Crippen LogP) is 3.21. The number of urea groups is 1. The fourth-order valence-electron chi connectivity index (χ4n) is 2.59. The molecule has 22 heavy (non-hydrogen) atoms. The van der Waals surface area contributed by atoms with E-state index in [1.165, 1.54) is 12.1 Å². The monoisotopic (exact) mass is 297 g/mol. The van der Waals surface area contributed by atoms with Crippen molar-refractivity contribution in [1.29, 1.82) is 0 Å². The van der Waals surface area contributed by atoms with Crippen molar-refractivity contribution in [3.05, 3.63) is 59.4 Å². The summed E-state index contributed by atoms with van der Waals surface area (Å²) in [7, 11) is 0. The highest BCUT2D eigenvalue weighted by Gasteiger charge is 2.20. The summed E-state index contributed by atoms with van der Waals surface area (Å²) in [4.78, 5) is 11.2. The second-order valence-corrected chi connectivity index (χ2v) is 5.34. The number of nitrogens with one attached hydrogen (secondary N) is 2. The molecule has 0 spiro atoms. The van der Waals surface area contributed by atoms with Gasteiger partial charge in [-0.3, -0.25) is 0 Å². The number of hydrogen-bond acceptors (Lipinski definition) is 2. The molecule has 2 aromatic carbocycles. The lowest BCUT2D eigenvalue weighted by Gasteiger charge is -2.21. The van der Waals surface area contributed by atoms with E-state index in [2.05, 4.69) is 15.8 Å². The van der Waals surface area contributed by atoms with Crippen molar-refractivity contribution in [2.45, 2.75) is 19.9 Å². The van der Waals surface area contributed by atoms with Gasteiger partial charge in [0, 0.05) is 0 Å². The third kappa shape index (κ3) is 2.70. The summed E-state index contributed by atoms with van der Waals surface area (Å²) in [5.41, 5.74) is 7.04. The van der Waals surface area contributed by atoms with E-state index in [-0.39, 0.29) is 17.9 Å². The number of amides is 2. The van der Waals surface area contributed by atoms with Crippen LogP contribution in [0.25, 0.3) is 11.1 Å². The zero-order valence-electron chi connectivity index (χ0n) is 12.4. The molecule has 5 heteroatoms. The first kappa shape index (κ1) is 14.3. The normalized spacial score (nSPS) is 17.5. The zero-order chi connectivity index (χ0) is 15.7. The van der Waals surface area contributed by atoms with Crippen LogP contribution in [-0.2, 0) is 0 Å². The van der Waals surface area contributed by atoms with Crippen LogP contribution in [0.5, 0.6) is 0 Å². The van der Waals surface area contributed by atoms with Gasteiger partial charge in [0.15, 0.2) is 0 Å². The van der Waals surface area contributed by atoms with Gasteiger partial charge >= 0.3 is 6.03 Å². The quantitative estimate of drug-likeness (QED) is 0.878. The highest BCUT2D eigenvalue weighted by Crippen LogP contribution is 2.24. The molecule has 3 rings (SSSR count). The van der Waals surface area contributed by atoms with Gasteiger partial charge in [-0.2, -0.15) is 5.10 Å². The molecular weight excluding hydrogens is 281 g/mol. The van der Waals surface area contributed by atoms with Crippen molar-refractivity contribution >= 4 is 11.7 Å². The Kier molecular flexibility index (Phi) is 3.63. The smallest absolute Gasteiger partial charge is 0.328 e. The number of rotatable bonds is 2. The molecule has 2 amide bonds. The van der Waals surface area contributed by atoms with E-state index < -0.39 is 0 Å². The maximum absolute atomic E-state index is 13.2. The molecular formula is C17H16FN3O. The van der Waals surface area contributed by atoms with Crippen LogP contribution in [0.1, 0.15) is 18.1 Å². The Morgan fingerprint density at radius 3 is 2.41 bits per heavy atom. The van der Waals surface area contributed by atoms with Crippen molar-refractivity contribution in [1.82, 2.24) is 10.7 Å². The second kappa shape index (κ2) is 5.60. The van der Waals surface area contributed by atoms with Crippen LogP contribution in [0.15, 0.2) is 47.6 Å². The number of aryl methyl sites for hydroxylation is 1. The van der Waals surface area contributed by atoms with Crippen molar-refractivity contribution < 1.29 is 9.18 Å². The maximum atomic E-state index is 13.2. The summed E-state index contributed by atoms with van der Waals surface area (Å²) in [5.74, 6) is -0.231. The average molecular weight is 297 g/mol. The molecule has 4 nitrogen and oxygen atoms in total. The minimum absolute atomic E-state index is 0.146. The Morgan fingerprint density at radius 1 is 1.09 bits per heavy atom. The molecule has 0 saturated carbocycles. The molecule has 1 aliphatic heterocycles. The molecule has 0 radical (unpaired) electrons. The molecule has 0 unspecified atom stereocenters. The van der Waals surface area contributed by atoms with Crippen LogP contribution in [-0.4, -0.2) is 17.8 Å². The van der Waals surface area contributed by atoms with E-state index in [1.54, 1.807) is 6.07 Å². The Hall–Kier alpha value is -2.69. The SMILES string of the molecule is Cc1cc(F)ccc1-c1ccc(C2=NNC(=O)N[C@H]2C)cc1. The van der Waals surface area contributed by atoms with Crippen LogP contribution in [0.2, 0.25) is 0 Å². The van der Waals surface area contributed by atoms with Crippen LogP contribution < -0.4 is 10.7 Å². The van der Waals surface area contributed by atoms with E-state index in [0.717, 1.165) is 28.0 Å². The second-order valence-electron chi connectivity index (χ2n) is 5.34. The standard InChI is InChI=1S/C17H16FN3O/c1-10-9-14(18)7-8-15(10)12-3-5-13(6-4-12)16-11(2)19-17(22)21-20-16/h3-9,11H,1-2H3,(H2,19,21,22)/t11-/m0/s1. The molecule has 112 valence electrons. The average Bonchev–Trinajstić information content (AvgIpc) is 2.48. The molecule has 0 fully saturated rings. The lowest BCUT2D eigenvalue weighted by atomic mass is 9.97. The van der Waals surface area contributed by atoms with Gasteiger partial charge in [0.05, 0.1) is 11.8 Å². The summed E-state index contributed by atoms with van der Waals surface area (Å²) in [6.07, 6.45) is 0. The van der Waals surface area contributed by atoms with E-state index in [1.807, 2.05) is 38.1 Å². The van der Waals surface area contributed by atoms with E-state index in [0.29, 0.717) is 0 Å². The Balaban J connectivity index is 1.91. The number of halogens is 1. The van der Waals surface area contributed by atoms with Crippen LogP contribution in [0.4, 0.5) is 9.18 Å². The highest BCUT2D eigenvalue weighted by molar-refractivity contribution is 6.07. The summed E-state index contributed by atoms with van der Waals surface area (Å²) >= 11 is 0. The molecule has 2 N–H and O–H groups in total. The van der Waals surface area contributed by atoms with Crippen molar-refractivity contribution in [3.8, 4) is 11.1 Å². The van der Waals surface area contributed by atoms with Gasteiger partial charge in [0.25, 0.3) is 0 Å². The van der Waals surface area contributed by atoms with Gasteiger partial charge in [-0.25, -0.2) is 14.6 Å². The predicted molar refractivity (Wildman–Crippen MR) is 84.2 cm³/mol. The highest BCUT2D eigenvalue weighted by atomic mass is 19.1. The minimum atomic E-state index is -0.296. The number of hydrogen-bond donors (Lipinski definition) is 2. The van der Waals surface area contributed by atoms with Crippen molar-refractivity contribution in [3.63, 3.8) is 0 Å². The van der Waals surface area contributed by atoms with E-state index in [4.69, 9.17) is 0 Å². The van der Waals surface area contributed by atoms with Crippen molar-refractivity contribution in [2.24, 2.45) is 5.10 Å². The fraction of sp³-hybridized carbons (Fsp3) is 0.176. The topological polar surface area (TPSA) is 53.5 Å². The van der Waals surface area contributed by atoms with Crippen LogP contribution >= 0.6 is 0 Å². The third-order valence-corrected chi connectivity index (χ3v) is 3.72. The summed E-state index contributed by atoms with van der Waals surface area (Å²) in [5, 5.41) is 6.87. The largest absolute Gasteiger partial charge is 0.335 e. The van der Waals surface area contributed by atoms with Gasteiger partial charge in [-0.15, -0.1) is 0 Å². The van der Waals surface area contributed by atoms with E-state index >= 15 is 0 Å².